The lowest BCUT2D eigenvalue weighted by Crippen LogP contribution is -2.13. The zero-order chi connectivity index (χ0) is 15.9. The Morgan fingerprint density at radius 2 is 2.05 bits per heavy atom. The largest absolute Gasteiger partial charge is 0.322 e. The number of amides is 1. The minimum absolute atomic E-state index is 0.0813. The third-order valence-electron chi connectivity index (χ3n) is 3.23. The van der Waals surface area contributed by atoms with Crippen LogP contribution in [0.15, 0.2) is 41.2 Å². The molecule has 1 amide bonds. The molecule has 1 aromatic heterocycles. The molecule has 4 nitrogen and oxygen atoms in total. The smallest absolute Gasteiger partial charge is 0.307 e. The van der Waals surface area contributed by atoms with Crippen LogP contribution in [0.3, 0.4) is 0 Å². The molecule has 0 fully saturated rings. The van der Waals surface area contributed by atoms with Gasteiger partial charge in [0.2, 0.25) is 0 Å². The molecule has 0 aliphatic rings. The molecular formula is C15H10ClFN2O2S. The van der Waals surface area contributed by atoms with Crippen molar-refractivity contribution in [3.8, 4) is 0 Å². The number of aromatic nitrogens is 1. The molecule has 0 unspecified atom stereocenters. The normalized spacial score (nSPS) is 10.9. The van der Waals surface area contributed by atoms with Crippen LogP contribution in [0.2, 0.25) is 5.02 Å². The van der Waals surface area contributed by atoms with Crippen LogP contribution in [0.1, 0.15) is 10.4 Å². The molecule has 0 bridgehead atoms. The lowest BCUT2D eigenvalue weighted by atomic mass is 10.2. The fourth-order valence-corrected chi connectivity index (χ4v) is 3.16. The average Bonchev–Trinajstić information content (AvgIpc) is 2.73. The van der Waals surface area contributed by atoms with Gasteiger partial charge in [-0.1, -0.05) is 22.9 Å². The number of benzene rings is 2. The quantitative estimate of drug-likeness (QED) is 0.776. The Morgan fingerprint density at radius 1 is 1.27 bits per heavy atom. The number of hydrogen-bond donors (Lipinski definition) is 1. The molecule has 3 aromatic rings. The molecule has 0 aliphatic heterocycles. The minimum Gasteiger partial charge on any atom is -0.322 e. The number of thiazole rings is 1. The Morgan fingerprint density at radius 3 is 2.77 bits per heavy atom. The topological polar surface area (TPSA) is 51.1 Å². The number of hydrogen-bond acceptors (Lipinski definition) is 3. The number of anilines is 1. The molecular weight excluding hydrogens is 327 g/mol. The highest BCUT2D eigenvalue weighted by atomic mass is 35.5. The van der Waals surface area contributed by atoms with Gasteiger partial charge in [-0.15, -0.1) is 0 Å². The highest BCUT2D eigenvalue weighted by molar-refractivity contribution is 7.16. The van der Waals surface area contributed by atoms with E-state index in [0.29, 0.717) is 5.69 Å². The maximum atomic E-state index is 13.7. The Hall–Kier alpha value is -2.18. The molecule has 0 saturated heterocycles. The van der Waals surface area contributed by atoms with Gasteiger partial charge in [0, 0.05) is 17.8 Å². The zero-order valence-corrected chi connectivity index (χ0v) is 13.0. The number of aryl methyl sites for hydroxylation is 1. The summed E-state index contributed by atoms with van der Waals surface area (Å²) in [5.74, 6) is -1.26. The van der Waals surface area contributed by atoms with E-state index in [2.05, 4.69) is 5.32 Å². The van der Waals surface area contributed by atoms with Gasteiger partial charge in [0.05, 0.1) is 15.8 Å². The molecule has 1 heterocycles. The van der Waals surface area contributed by atoms with Crippen LogP contribution in [0.25, 0.3) is 10.2 Å². The predicted molar refractivity (Wildman–Crippen MR) is 86.4 cm³/mol. The summed E-state index contributed by atoms with van der Waals surface area (Å²) >= 11 is 6.75. The molecule has 7 heteroatoms. The van der Waals surface area contributed by atoms with Gasteiger partial charge in [-0.25, -0.2) is 4.39 Å². The van der Waals surface area contributed by atoms with E-state index < -0.39 is 11.7 Å². The van der Waals surface area contributed by atoms with E-state index in [1.807, 2.05) is 0 Å². The van der Waals surface area contributed by atoms with Gasteiger partial charge in [-0.05, 0) is 36.4 Å². The van der Waals surface area contributed by atoms with Crippen molar-refractivity contribution in [3.63, 3.8) is 0 Å². The number of halogens is 2. The van der Waals surface area contributed by atoms with E-state index in [4.69, 9.17) is 11.6 Å². The van der Waals surface area contributed by atoms with E-state index in [-0.39, 0.29) is 15.5 Å². The highest BCUT2D eigenvalue weighted by Crippen LogP contribution is 2.22. The second-order valence-corrected chi connectivity index (χ2v) is 6.12. The van der Waals surface area contributed by atoms with E-state index in [9.17, 15) is 14.0 Å². The van der Waals surface area contributed by atoms with E-state index >= 15 is 0 Å². The maximum absolute atomic E-state index is 13.7. The summed E-state index contributed by atoms with van der Waals surface area (Å²) < 4.78 is 16.0. The molecule has 0 saturated carbocycles. The van der Waals surface area contributed by atoms with Crippen molar-refractivity contribution in [2.45, 2.75) is 0 Å². The van der Waals surface area contributed by atoms with Gasteiger partial charge in [0.1, 0.15) is 5.82 Å². The monoisotopic (exact) mass is 336 g/mol. The molecule has 0 atom stereocenters. The summed E-state index contributed by atoms with van der Waals surface area (Å²) in [6.45, 7) is 0. The van der Waals surface area contributed by atoms with Crippen LogP contribution < -0.4 is 10.2 Å². The van der Waals surface area contributed by atoms with Crippen LogP contribution in [0.4, 0.5) is 10.1 Å². The molecule has 2 aromatic carbocycles. The molecule has 0 aliphatic carbocycles. The summed E-state index contributed by atoms with van der Waals surface area (Å²) in [7, 11) is 1.68. The van der Waals surface area contributed by atoms with Crippen LogP contribution in [-0.4, -0.2) is 10.5 Å². The number of nitrogens with one attached hydrogen (secondary N) is 1. The lowest BCUT2D eigenvalue weighted by molar-refractivity contribution is 0.102. The molecule has 22 heavy (non-hydrogen) atoms. The van der Waals surface area contributed by atoms with E-state index in [0.717, 1.165) is 27.6 Å². The summed E-state index contributed by atoms with van der Waals surface area (Å²) in [5, 5.41) is 2.84. The van der Waals surface area contributed by atoms with Crippen molar-refractivity contribution in [1.29, 1.82) is 0 Å². The first-order valence-corrected chi connectivity index (χ1v) is 7.51. The number of rotatable bonds is 2. The van der Waals surface area contributed by atoms with Crippen LogP contribution in [-0.2, 0) is 7.05 Å². The summed E-state index contributed by atoms with van der Waals surface area (Å²) in [5.41, 5.74) is 1.19. The van der Waals surface area contributed by atoms with Crippen molar-refractivity contribution in [1.82, 2.24) is 4.57 Å². The summed E-state index contributed by atoms with van der Waals surface area (Å²) in [6.07, 6.45) is 0. The number of fused-ring (bicyclic) bond motifs is 1. The molecule has 1 N–H and O–H groups in total. The Balaban J connectivity index is 1.92. The van der Waals surface area contributed by atoms with Gasteiger partial charge in [0.15, 0.2) is 0 Å². The first kappa shape index (κ1) is 14.7. The predicted octanol–water partition coefficient (Wildman–Crippen LogP) is 3.64. The minimum atomic E-state index is -0.685. The third-order valence-corrected chi connectivity index (χ3v) is 4.46. The van der Waals surface area contributed by atoms with Crippen LogP contribution in [0, 0.1) is 5.82 Å². The Labute approximate surface area is 133 Å². The molecule has 112 valence electrons. The zero-order valence-electron chi connectivity index (χ0n) is 11.4. The van der Waals surface area contributed by atoms with Gasteiger partial charge >= 0.3 is 4.87 Å². The first-order valence-electron chi connectivity index (χ1n) is 6.31. The highest BCUT2D eigenvalue weighted by Gasteiger charge is 2.13. The molecule has 0 spiro atoms. The Bertz CT molecular complexity index is 948. The average molecular weight is 337 g/mol. The molecule has 0 radical (unpaired) electrons. The van der Waals surface area contributed by atoms with Crippen LogP contribution in [0.5, 0.6) is 0 Å². The molecule has 3 rings (SSSR count). The SMILES string of the molecule is Cn1c(=O)sc2cc(NC(=O)c3ccc(Cl)cc3F)ccc21. The lowest BCUT2D eigenvalue weighted by Gasteiger charge is -2.06. The van der Waals surface area contributed by atoms with Crippen molar-refractivity contribution in [2.75, 3.05) is 5.32 Å². The van der Waals surface area contributed by atoms with Gasteiger partial charge < -0.3 is 9.88 Å². The van der Waals surface area contributed by atoms with Gasteiger partial charge in [0.25, 0.3) is 5.91 Å². The number of nitrogens with zero attached hydrogens (tertiary/aromatic N) is 1. The van der Waals surface area contributed by atoms with Crippen molar-refractivity contribution >= 4 is 44.7 Å². The van der Waals surface area contributed by atoms with E-state index in [1.54, 1.807) is 25.2 Å². The van der Waals surface area contributed by atoms with E-state index in [1.165, 1.54) is 16.7 Å². The van der Waals surface area contributed by atoms with Gasteiger partial charge in [-0.2, -0.15) is 0 Å². The second-order valence-electron chi connectivity index (χ2n) is 4.69. The maximum Gasteiger partial charge on any atom is 0.307 e. The van der Waals surface area contributed by atoms with Crippen molar-refractivity contribution < 1.29 is 9.18 Å². The van der Waals surface area contributed by atoms with Gasteiger partial charge in [-0.3, -0.25) is 9.59 Å². The van der Waals surface area contributed by atoms with Crippen molar-refractivity contribution in [2.24, 2.45) is 7.05 Å². The fourth-order valence-electron chi connectivity index (χ4n) is 2.08. The second kappa shape index (κ2) is 5.55. The third kappa shape index (κ3) is 2.63. The number of carbonyl (C=O) groups excluding carboxylic acids is 1. The first-order chi connectivity index (χ1) is 10.5. The van der Waals surface area contributed by atoms with Crippen LogP contribution >= 0.6 is 22.9 Å². The summed E-state index contributed by atoms with van der Waals surface area (Å²) in [4.78, 5) is 23.6. The standard InChI is InChI=1S/C15H10ClFN2O2S/c1-19-12-5-3-9(7-13(12)22-15(19)21)18-14(20)10-4-2-8(16)6-11(10)17/h2-7H,1H3,(H,18,20). The summed E-state index contributed by atoms with van der Waals surface area (Å²) in [6, 6.07) is 8.95. The fraction of sp³-hybridized carbons (Fsp3) is 0.0667. The Kier molecular flexibility index (Phi) is 3.72. The number of carbonyl (C=O) groups is 1. The van der Waals surface area contributed by atoms with Crippen molar-refractivity contribution in [3.05, 3.63) is 62.5 Å².